The lowest BCUT2D eigenvalue weighted by Crippen LogP contribution is -2.45. The first-order valence-corrected chi connectivity index (χ1v) is 7.37. The van der Waals surface area contributed by atoms with E-state index in [1.807, 2.05) is 0 Å². The topological polar surface area (TPSA) is 12.0 Å². The third-order valence-corrected chi connectivity index (χ3v) is 4.35. The van der Waals surface area contributed by atoms with Crippen LogP contribution in [0.25, 0.3) is 0 Å². The van der Waals surface area contributed by atoms with Gasteiger partial charge in [0.1, 0.15) is 0 Å². The molecule has 1 aliphatic carbocycles. The van der Waals surface area contributed by atoms with Crippen molar-refractivity contribution in [1.82, 2.24) is 5.32 Å². The molecule has 0 radical (unpaired) electrons. The van der Waals surface area contributed by atoms with Crippen LogP contribution in [0.3, 0.4) is 0 Å². The summed E-state index contributed by atoms with van der Waals surface area (Å²) in [5.74, 6) is -1.27. The number of nitrogens with one attached hydrogen (secondary N) is 1. The molecule has 1 aliphatic rings. The lowest BCUT2D eigenvalue weighted by Gasteiger charge is -2.33. The van der Waals surface area contributed by atoms with E-state index in [2.05, 4.69) is 5.32 Å². The Bertz CT molecular complexity index is 462. The molecule has 2 atom stereocenters. The molecule has 2 unspecified atom stereocenters. The summed E-state index contributed by atoms with van der Waals surface area (Å²) in [4.78, 5) is 0. The van der Waals surface area contributed by atoms with E-state index >= 15 is 0 Å². The van der Waals surface area contributed by atoms with Crippen LogP contribution in [0, 0.1) is 5.92 Å². The lowest BCUT2D eigenvalue weighted by atomic mass is 9.84. The minimum atomic E-state index is -4.14. The fourth-order valence-corrected chi connectivity index (χ4v) is 3.07. The van der Waals surface area contributed by atoms with Crippen molar-refractivity contribution in [3.8, 4) is 0 Å². The van der Waals surface area contributed by atoms with Gasteiger partial charge in [-0.25, -0.2) is 0 Å². The molecule has 0 amide bonds. The van der Waals surface area contributed by atoms with Crippen LogP contribution in [-0.2, 0) is 6.54 Å². The maximum Gasteiger partial charge on any atom is 0.393 e. The molecule has 0 bridgehead atoms. The van der Waals surface area contributed by atoms with Gasteiger partial charge < -0.3 is 5.32 Å². The predicted octanol–water partition coefficient (Wildman–Crippen LogP) is 5.20. The minimum absolute atomic E-state index is 0.199. The zero-order valence-electron chi connectivity index (χ0n) is 10.8. The summed E-state index contributed by atoms with van der Waals surface area (Å²) < 4.78 is 38.9. The van der Waals surface area contributed by atoms with Crippen LogP contribution < -0.4 is 5.32 Å². The van der Waals surface area contributed by atoms with Crippen LogP contribution in [0.4, 0.5) is 13.2 Å². The third-order valence-electron chi connectivity index (χ3n) is 3.75. The van der Waals surface area contributed by atoms with Gasteiger partial charge in [0, 0.05) is 22.6 Å². The van der Waals surface area contributed by atoms with Crippen LogP contribution in [0.1, 0.15) is 31.2 Å². The smallest absolute Gasteiger partial charge is 0.309 e. The van der Waals surface area contributed by atoms with E-state index in [-0.39, 0.29) is 6.42 Å². The van der Waals surface area contributed by atoms with E-state index < -0.39 is 18.1 Å². The van der Waals surface area contributed by atoms with Crippen molar-refractivity contribution in [1.29, 1.82) is 0 Å². The highest BCUT2D eigenvalue weighted by atomic mass is 35.5. The lowest BCUT2D eigenvalue weighted by molar-refractivity contribution is -0.189. The molecule has 0 saturated heterocycles. The summed E-state index contributed by atoms with van der Waals surface area (Å²) in [7, 11) is 0. The summed E-state index contributed by atoms with van der Waals surface area (Å²) in [5, 5.41) is 4.04. The van der Waals surface area contributed by atoms with Gasteiger partial charge in [-0.1, -0.05) is 36.0 Å². The van der Waals surface area contributed by atoms with Crippen molar-refractivity contribution in [2.75, 3.05) is 0 Å². The van der Waals surface area contributed by atoms with Crippen LogP contribution in [0.2, 0.25) is 10.0 Å². The molecule has 6 heteroatoms. The number of rotatable bonds is 3. The molecular weight excluding hydrogens is 310 g/mol. The Kier molecular flexibility index (Phi) is 5.21. The Balaban J connectivity index is 2.03. The molecule has 112 valence electrons. The van der Waals surface area contributed by atoms with Gasteiger partial charge in [0.15, 0.2) is 0 Å². The van der Waals surface area contributed by atoms with Crippen molar-refractivity contribution in [2.24, 2.45) is 5.92 Å². The van der Waals surface area contributed by atoms with Gasteiger partial charge >= 0.3 is 6.18 Å². The zero-order valence-corrected chi connectivity index (χ0v) is 12.3. The van der Waals surface area contributed by atoms with Crippen molar-refractivity contribution in [3.63, 3.8) is 0 Å². The van der Waals surface area contributed by atoms with E-state index in [0.717, 1.165) is 12.0 Å². The Morgan fingerprint density at radius 1 is 1.15 bits per heavy atom. The van der Waals surface area contributed by atoms with Crippen LogP contribution in [-0.4, -0.2) is 12.2 Å². The molecule has 20 heavy (non-hydrogen) atoms. The monoisotopic (exact) mass is 325 g/mol. The van der Waals surface area contributed by atoms with E-state index in [1.165, 1.54) is 0 Å². The molecular formula is C14H16Cl2F3N. The summed E-state index contributed by atoms with van der Waals surface area (Å²) in [6.07, 6.45) is -1.93. The van der Waals surface area contributed by atoms with E-state index in [0.29, 0.717) is 29.4 Å². The Morgan fingerprint density at radius 3 is 2.55 bits per heavy atom. The largest absolute Gasteiger partial charge is 0.393 e. The number of alkyl halides is 3. The molecule has 0 heterocycles. The molecule has 1 aromatic carbocycles. The second-order valence-electron chi connectivity index (χ2n) is 5.16. The minimum Gasteiger partial charge on any atom is -0.309 e. The Morgan fingerprint density at radius 2 is 1.85 bits per heavy atom. The molecule has 1 N–H and O–H groups in total. The average Bonchev–Trinajstić information content (AvgIpc) is 2.39. The first kappa shape index (κ1) is 15.9. The first-order valence-electron chi connectivity index (χ1n) is 6.62. The van der Waals surface area contributed by atoms with Crippen molar-refractivity contribution >= 4 is 23.2 Å². The molecule has 1 aromatic rings. The van der Waals surface area contributed by atoms with Crippen LogP contribution >= 0.6 is 23.2 Å². The van der Waals surface area contributed by atoms with Gasteiger partial charge in [0.05, 0.1) is 5.92 Å². The van der Waals surface area contributed by atoms with Crippen LogP contribution in [0.5, 0.6) is 0 Å². The summed E-state index contributed by atoms with van der Waals surface area (Å²) in [6, 6.07) is 4.46. The molecule has 1 saturated carbocycles. The van der Waals surface area contributed by atoms with Crippen molar-refractivity contribution in [2.45, 2.75) is 44.4 Å². The Hall–Kier alpha value is -0.450. The van der Waals surface area contributed by atoms with Gasteiger partial charge in [-0.05, 0) is 36.6 Å². The van der Waals surface area contributed by atoms with Gasteiger partial charge in [0.2, 0.25) is 0 Å². The predicted molar refractivity (Wildman–Crippen MR) is 75.1 cm³/mol. The highest BCUT2D eigenvalue weighted by Gasteiger charge is 2.45. The average molecular weight is 326 g/mol. The molecule has 2 rings (SSSR count). The molecule has 0 spiro atoms. The molecule has 0 aliphatic heterocycles. The highest BCUT2D eigenvalue weighted by Crippen LogP contribution is 2.38. The fraction of sp³-hybridized carbons (Fsp3) is 0.571. The van der Waals surface area contributed by atoms with Gasteiger partial charge in [0.25, 0.3) is 0 Å². The zero-order chi connectivity index (χ0) is 14.8. The summed E-state index contributed by atoms with van der Waals surface area (Å²) in [5.41, 5.74) is 0.727. The second kappa shape index (κ2) is 6.54. The maximum absolute atomic E-state index is 13.0. The fourth-order valence-electron chi connectivity index (χ4n) is 2.69. The molecule has 1 fully saturated rings. The van der Waals surface area contributed by atoms with Gasteiger partial charge in [-0.2, -0.15) is 13.2 Å². The van der Waals surface area contributed by atoms with E-state index in [9.17, 15) is 13.2 Å². The third kappa shape index (κ3) is 4.03. The maximum atomic E-state index is 13.0. The van der Waals surface area contributed by atoms with Crippen molar-refractivity contribution < 1.29 is 13.2 Å². The molecule has 1 nitrogen and oxygen atoms in total. The van der Waals surface area contributed by atoms with Gasteiger partial charge in [-0.3, -0.25) is 0 Å². The highest BCUT2D eigenvalue weighted by molar-refractivity contribution is 6.33. The Labute approximate surface area is 126 Å². The van der Waals surface area contributed by atoms with E-state index in [4.69, 9.17) is 23.2 Å². The summed E-state index contributed by atoms with van der Waals surface area (Å²) in [6.45, 7) is 0.302. The quantitative estimate of drug-likeness (QED) is 0.804. The second-order valence-corrected chi connectivity index (χ2v) is 6.00. The SMILES string of the molecule is FC(F)(F)C1CCCCC1NCc1cc(Cl)ccc1Cl. The van der Waals surface area contributed by atoms with Crippen molar-refractivity contribution in [3.05, 3.63) is 33.8 Å². The standard InChI is InChI=1S/C14H16Cl2F3N/c15-10-5-6-12(16)9(7-10)8-20-13-4-2-1-3-11(13)14(17,18)19/h5-7,11,13,20H,1-4,8H2. The number of hydrogen-bond acceptors (Lipinski definition) is 1. The normalized spacial score (nSPS) is 23.9. The number of hydrogen-bond donors (Lipinski definition) is 1. The summed E-state index contributed by atoms with van der Waals surface area (Å²) >= 11 is 11.9. The van der Waals surface area contributed by atoms with Crippen LogP contribution in [0.15, 0.2) is 18.2 Å². The number of benzene rings is 1. The number of halogens is 5. The van der Waals surface area contributed by atoms with E-state index in [1.54, 1.807) is 18.2 Å². The molecule has 0 aromatic heterocycles. The first-order chi connectivity index (χ1) is 9.38. The van der Waals surface area contributed by atoms with Gasteiger partial charge in [-0.15, -0.1) is 0 Å².